The lowest BCUT2D eigenvalue weighted by Gasteiger charge is -2.33. The first-order valence-corrected chi connectivity index (χ1v) is 7.94. The van der Waals surface area contributed by atoms with Crippen molar-refractivity contribution in [2.45, 2.75) is 32.2 Å². The number of nitrogen functional groups attached to an aromatic ring is 1. The summed E-state index contributed by atoms with van der Waals surface area (Å²) in [7, 11) is 0. The minimum absolute atomic E-state index is 0.0991. The molecule has 1 fully saturated rings. The van der Waals surface area contributed by atoms with Crippen molar-refractivity contribution in [1.82, 2.24) is 24.6 Å². The first-order valence-electron chi connectivity index (χ1n) is 7.41. The molecule has 1 amide bonds. The van der Waals surface area contributed by atoms with Gasteiger partial charge in [-0.2, -0.15) is 5.10 Å². The normalized spacial score (nSPS) is 18.8. The van der Waals surface area contributed by atoms with Gasteiger partial charge in [-0.05, 0) is 19.8 Å². The van der Waals surface area contributed by atoms with Crippen molar-refractivity contribution in [3.05, 3.63) is 12.0 Å². The Balaban J connectivity index is 1.91. The van der Waals surface area contributed by atoms with Gasteiger partial charge in [0.15, 0.2) is 5.65 Å². The van der Waals surface area contributed by atoms with Gasteiger partial charge in [-0.25, -0.2) is 14.6 Å². The van der Waals surface area contributed by atoms with Crippen LogP contribution in [0.4, 0.5) is 5.82 Å². The highest BCUT2D eigenvalue weighted by molar-refractivity contribution is 6.18. The van der Waals surface area contributed by atoms with Crippen molar-refractivity contribution in [1.29, 1.82) is 0 Å². The Labute approximate surface area is 133 Å². The molecule has 0 bridgehead atoms. The van der Waals surface area contributed by atoms with Crippen LogP contribution in [0, 0.1) is 6.92 Å². The zero-order valence-electron chi connectivity index (χ0n) is 12.5. The first-order chi connectivity index (χ1) is 10.6. The van der Waals surface area contributed by atoms with Gasteiger partial charge >= 0.3 is 0 Å². The number of aromatic nitrogens is 4. The quantitative estimate of drug-likeness (QED) is 0.865. The Morgan fingerprint density at radius 1 is 1.50 bits per heavy atom. The molecular formula is C14H19ClN6O. The van der Waals surface area contributed by atoms with Crippen LogP contribution in [0.5, 0.6) is 0 Å². The standard InChI is InChI=1S/C14H19ClN6O/c1-9-12-13(16)17-8-18-14(12)21(19-9)10-3-2-6-20(7-10)11(22)4-5-15/h8,10H,2-7H2,1H3,(H2,16,17,18). The number of piperidine rings is 1. The molecular weight excluding hydrogens is 304 g/mol. The largest absolute Gasteiger partial charge is 0.383 e. The van der Waals surface area contributed by atoms with Crippen molar-refractivity contribution in [3.8, 4) is 0 Å². The maximum Gasteiger partial charge on any atom is 0.223 e. The number of rotatable bonds is 3. The maximum atomic E-state index is 12.1. The number of fused-ring (bicyclic) bond motifs is 1. The Hall–Kier alpha value is -1.89. The Kier molecular flexibility index (Phi) is 4.15. The van der Waals surface area contributed by atoms with E-state index < -0.39 is 0 Å². The summed E-state index contributed by atoms with van der Waals surface area (Å²) in [5.74, 6) is 0.898. The molecule has 22 heavy (non-hydrogen) atoms. The molecule has 2 aromatic rings. The summed E-state index contributed by atoms with van der Waals surface area (Å²) in [6.07, 6.45) is 3.74. The van der Waals surface area contributed by atoms with E-state index in [4.69, 9.17) is 17.3 Å². The molecule has 1 atom stereocenters. The second-order valence-corrected chi connectivity index (χ2v) is 5.94. The fourth-order valence-electron chi connectivity index (χ4n) is 3.04. The Bertz CT molecular complexity index is 700. The number of hydrogen-bond acceptors (Lipinski definition) is 5. The van der Waals surface area contributed by atoms with Crippen LogP contribution in [-0.4, -0.2) is 49.5 Å². The summed E-state index contributed by atoms with van der Waals surface area (Å²) in [6, 6.07) is 0.110. The highest BCUT2D eigenvalue weighted by Crippen LogP contribution is 2.28. The predicted molar refractivity (Wildman–Crippen MR) is 84.7 cm³/mol. The van der Waals surface area contributed by atoms with Gasteiger partial charge in [0, 0.05) is 25.4 Å². The van der Waals surface area contributed by atoms with Gasteiger partial charge in [0.2, 0.25) is 5.91 Å². The van der Waals surface area contributed by atoms with Gasteiger partial charge in [-0.3, -0.25) is 4.79 Å². The Morgan fingerprint density at radius 2 is 2.32 bits per heavy atom. The molecule has 1 aliphatic rings. The minimum Gasteiger partial charge on any atom is -0.383 e. The molecule has 3 heterocycles. The van der Waals surface area contributed by atoms with Gasteiger partial charge in [0.05, 0.1) is 17.1 Å². The lowest BCUT2D eigenvalue weighted by molar-refractivity contribution is -0.132. The third-order valence-electron chi connectivity index (χ3n) is 4.10. The van der Waals surface area contributed by atoms with Crippen molar-refractivity contribution in [2.75, 3.05) is 24.7 Å². The van der Waals surface area contributed by atoms with Crippen molar-refractivity contribution in [3.63, 3.8) is 0 Å². The molecule has 2 aromatic heterocycles. The summed E-state index contributed by atoms with van der Waals surface area (Å²) in [6.45, 7) is 3.31. The number of hydrogen-bond donors (Lipinski definition) is 1. The van der Waals surface area contributed by atoms with E-state index in [-0.39, 0.29) is 11.9 Å². The zero-order chi connectivity index (χ0) is 15.7. The number of halogens is 1. The predicted octanol–water partition coefficient (Wildman–Crippen LogP) is 1.51. The molecule has 0 radical (unpaired) electrons. The van der Waals surface area contributed by atoms with Gasteiger partial charge in [-0.1, -0.05) is 0 Å². The molecule has 7 nitrogen and oxygen atoms in total. The van der Waals surface area contributed by atoms with E-state index in [1.165, 1.54) is 6.33 Å². The lowest BCUT2D eigenvalue weighted by atomic mass is 10.1. The molecule has 8 heteroatoms. The van der Waals surface area contributed by atoms with Crippen molar-refractivity contribution in [2.24, 2.45) is 0 Å². The highest BCUT2D eigenvalue weighted by atomic mass is 35.5. The molecule has 1 unspecified atom stereocenters. The van der Waals surface area contributed by atoms with Crippen LogP contribution in [0.25, 0.3) is 11.0 Å². The molecule has 0 spiro atoms. The number of amides is 1. The molecule has 1 aliphatic heterocycles. The maximum absolute atomic E-state index is 12.1. The van der Waals surface area contributed by atoms with Crippen LogP contribution >= 0.6 is 11.6 Å². The SMILES string of the molecule is Cc1nn(C2CCCN(C(=O)CCCl)C2)c2ncnc(N)c12. The summed E-state index contributed by atoms with van der Waals surface area (Å²) >= 11 is 5.67. The first kappa shape index (κ1) is 15.0. The number of anilines is 1. The average molecular weight is 323 g/mol. The third-order valence-corrected chi connectivity index (χ3v) is 4.29. The van der Waals surface area contributed by atoms with E-state index in [0.717, 1.165) is 36.1 Å². The summed E-state index contributed by atoms with van der Waals surface area (Å²) in [4.78, 5) is 22.3. The third kappa shape index (κ3) is 2.61. The molecule has 1 saturated heterocycles. The van der Waals surface area contributed by atoms with Crippen molar-refractivity contribution < 1.29 is 4.79 Å². The number of aryl methyl sites for hydroxylation is 1. The second kappa shape index (κ2) is 6.08. The van der Waals surface area contributed by atoms with Crippen LogP contribution in [0.2, 0.25) is 0 Å². The number of alkyl halides is 1. The molecule has 3 rings (SSSR count). The van der Waals surface area contributed by atoms with Gasteiger partial charge in [-0.15, -0.1) is 11.6 Å². The smallest absolute Gasteiger partial charge is 0.223 e. The highest BCUT2D eigenvalue weighted by Gasteiger charge is 2.27. The monoisotopic (exact) mass is 322 g/mol. The molecule has 0 aliphatic carbocycles. The topological polar surface area (TPSA) is 89.9 Å². The lowest BCUT2D eigenvalue weighted by Crippen LogP contribution is -2.41. The number of carbonyl (C=O) groups excluding carboxylic acids is 1. The molecule has 2 N–H and O–H groups in total. The Morgan fingerprint density at radius 3 is 3.09 bits per heavy atom. The second-order valence-electron chi connectivity index (χ2n) is 5.56. The minimum atomic E-state index is 0.0991. The summed E-state index contributed by atoms with van der Waals surface area (Å²) < 4.78 is 1.89. The molecule has 118 valence electrons. The van der Waals surface area contributed by atoms with Crippen LogP contribution in [0.15, 0.2) is 6.33 Å². The van der Waals surface area contributed by atoms with E-state index >= 15 is 0 Å². The van der Waals surface area contributed by atoms with E-state index in [0.29, 0.717) is 24.7 Å². The number of nitrogens with two attached hydrogens (primary N) is 1. The summed E-state index contributed by atoms with van der Waals surface area (Å²) in [5.41, 5.74) is 7.49. The van der Waals surface area contributed by atoms with Crippen LogP contribution < -0.4 is 5.73 Å². The van der Waals surface area contributed by atoms with Crippen LogP contribution in [0.1, 0.15) is 31.0 Å². The van der Waals surface area contributed by atoms with Gasteiger partial charge < -0.3 is 10.6 Å². The summed E-state index contributed by atoms with van der Waals surface area (Å²) in [5, 5.41) is 5.38. The molecule has 0 saturated carbocycles. The number of likely N-dealkylation sites (tertiary alicyclic amines) is 1. The van der Waals surface area contributed by atoms with Gasteiger partial charge in [0.1, 0.15) is 12.1 Å². The fraction of sp³-hybridized carbons (Fsp3) is 0.571. The fourth-order valence-corrected chi connectivity index (χ4v) is 3.21. The average Bonchev–Trinajstić information content (AvgIpc) is 2.86. The van der Waals surface area contributed by atoms with E-state index in [2.05, 4.69) is 15.1 Å². The zero-order valence-corrected chi connectivity index (χ0v) is 13.3. The van der Waals surface area contributed by atoms with E-state index in [9.17, 15) is 4.79 Å². The van der Waals surface area contributed by atoms with Gasteiger partial charge in [0.25, 0.3) is 0 Å². The van der Waals surface area contributed by atoms with Crippen LogP contribution in [0.3, 0.4) is 0 Å². The molecule has 0 aromatic carbocycles. The number of nitrogens with zero attached hydrogens (tertiary/aromatic N) is 5. The van der Waals surface area contributed by atoms with E-state index in [1.54, 1.807) is 0 Å². The number of carbonyl (C=O) groups is 1. The van der Waals surface area contributed by atoms with Crippen molar-refractivity contribution >= 4 is 34.4 Å². The van der Waals surface area contributed by atoms with E-state index in [1.807, 2.05) is 16.5 Å². The van der Waals surface area contributed by atoms with Crippen LogP contribution in [-0.2, 0) is 4.79 Å².